The zero-order chi connectivity index (χ0) is 34.8. The van der Waals surface area contributed by atoms with Crippen LogP contribution in [0.15, 0.2) is 72.9 Å². The van der Waals surface area contributed by atoms with Crippen molar-refractivity contribution in [3.8, 4) is 0 Å². The van der Waals surface area contributed by atoms with Gasteiger partial charge in [-0.2, -0.15) is 0 Å². The molecular formula is C40H66O7. The Hall–Kier alpha value is -2.74. The van der Waals surface area contributed by atoms with E-state index in [4.69, 9.17) is 9.47 Å². The summed E-state index contributed by atoms with van der Waals surface area (Å²) in [6.07, 6.45) is 36.0. The van der Waals surface area contributed by atoms with Crippen molar-refractivity contribution in [2.24, 2.45) is 5.92 Å². The van der Waals surface area contributed by atoms with Crippen LogP contribution in [0, 0.1) is 5.92 Å². The van der Waals surface area contributed by atoms with Gasteiger partial charge in [-0.25, -0.2) is 0 Å². The molecule has 0 saturated carbocycles. The number of rotatable bonds is 30. The molecule has 0 fully saturated rings. The van der Waals surface area contributed by atoms with Crippen LogP contribution in [-0.2, 0) is 19.1 Å². The Kier molecular flexibility index (Phi) is 31.2. The van der Waals surface area contributed by atoms with Gasteiger partial charge >= 0.3 is 11.9 Å². The molecule has 0 rings (SSSR count). The van der Waals surface area contributed by atoms with Crippen LogP contribution in [-0.4, -0.2) is 58.8 Å². The van der Waals surface area contributed by atoms with Crippen molar-refractivity contribution in [2.75, 3.05) is 13.2 Å². The molecular weight excluding hydrogens is 592 g/mol. The second kappa shape index (κ2) is 33.2. The third-order valence-electron chi connectivity index (χ3n) is 7.67. The van der Waals surface area contributed by atoms with Gasteiger partial charge in [-0.1, -0.05) is 151 Å². The first-order valence-electron chi connectivity index (χ1n) is 18.1. The molecule has 268 valence electrons. The van der Waals surface area contributed by atoms with Crippen LogP contribution >= 0.6 is 0 Å². The zero-order valence-electron chi connectivity index (χ0n) is 29.6. The van der Waals surface area contributed by atoms with Gasteiger partial charge in [-0.15, -0.1) is 0 Å². The van der Waals surface area contributed by atoms with Crippen molar-refractivity contribution in [1.29, 1.82) is 0 Å². The van der Waals surface area contributed by atoms with Gasteiger partial charge in [0.25, 0.3) is 0 Å². The van der Waals surface area contributed by atoms with E-state index in [2.05, 4.69) is 20.8 Å². The maximum atomic E-state index is 11.9. The fourth-order valence-electron chi connectivity index (χ4n) is 4.51. The van der Waals surface area contributed by atoms with E-state index in [9.17, 15) is 24.9 Å². The lowest BCUT2D eigenvalue weighted by atomic mass is 9.99. The van der Waals surface area contributed by atoms with E-state index in [1.54, 1.807) is 24.3 Å². The SMILES string of the molecule is CC/C=C\C[C@@H](O)/C=C/C=C\C/C=C\C=C\[C@@H](O)/C=C\CCCC(=O)OC[C@@H](O)COC(=O)CCCCCCCCCCC(C)CC. The maximum Gasteiger partial charge on any atom is 0.305 e. The van der Waals surface area contributed by atoms with Crippen LogP contribution in [0.5, 0.6) is 0 Å². The number of aliphatic hydroxyl groups is 3. The minimum absolute atomic E-state index is 0.178. The molecule has 0 aromatic carbocycles. The molecule has 0 aliphatic rings. The van der Waals surface area contributed by atoms with Crippen molar-refractivity contribution in [1.82, 2.24) is 0 Å². The van der Waals surface area contributed by atoms with Gasteiger partial charge < -0.3 is 24.8 Å². The summed E-state index contributed by atoms with van der Waals surface area (Å²) < 4.78 is 10.2. The predicted molar refractivity (Wildman–Crippen MR) is 194 cm³/mol. The smallest absolute Gasteiger partial charge is 0.305 e. The van der Waals surface area contributed by atoms with Gasteiger partial charge in [0.1, 0.15) is 19.3 Å². The molecule has 0 aliphatic carbocycles. The van der Waals surface area contributed by atoms with Crippen LogP contribution in [0.2, 0.25) is 0 Å². The summed E-state index contributed by atoms with van der Waals surface area (Å²) in [6, 6.07) is 0. The number of esters is 2. The third-order valence-corrected chi connectivity index (χ3v) is 7.67. The number of carbonyl (C=O) groups is 2. The van der Waals surface area contributed by atoms with Crippen LogP contribution in [0.4, 0.5) is 0 Å². The highest BCUT2D eigenvalue weighted by atomic mass is 16.6. The van der Waals surface area contributed by atoms with Gasteiger partial charge in [-0.05, 0) is 44.4 Å². The average molecular weight is 659 g/mol. The summed E-state index contributed by atoms with van der Waals surface area (Å²) in [5.41, 5.74) is 0. The predicted octanol–water partition coefficient (Wildman–Crippen LogP) is 8.80. The maximum absolute atomic E-state index is 11.9. The van der Waals surface area contributed by atoms with Crippen molar-refractivity contribution in [2.45, 2.75) is 148 Å². The number of ether oxygens (including phenoxy) is 2. The monoisotopic (exact) mass is 658 g/mol. The summed E-state index contributed by atoms with van der Waals surface area (Å²) in [7, 11) is 0. The Bertz CT molecular complexity index is 931. The van der Waals surface area contributed by atoms with Crippen molar-refractivity contribution in [3.05, 3.63) is 72.9 Å². The van der Waals surface area contributed by atoms with E-state index >= 15 is 0 Å². The minimum atomic E-state index is -1.04. The normalized spacial score (nSPS) is 15.1. The van der Waals surface area contributed by atoms with Crippen LogP contribution in [0.25, 0.3) is 0 Å². The Morgan fingerprint density at radius 1 is 0.638 bits per heavy atom. The Balaban J connectivity index is 3.79. The van der Waals surface area contributed by atoms with Gasteiger partial charge in [-0.3, -0.25) is 9.59 Å². The highest BCUT2D eigenvalue weighted by molar-refractivity contribution is 5.69. The second-order valence-electron chi connectivity index (χ2n) is 12.3. The largest absolute Gasteiger partial charge is 0.463 e. The van der Waals surface area contributed by atoms with E-state index in [0.717, 1.165) is 38.0 Å². The van der Waals surface area contributed by atoms with E-state index in [0.29, 0.717) is 25.7 Å². The number of carbonyl (C=O) groups excluding carboxylic acids is 2. The van der Waals surface area contributed by atoms with Crippen LogP contribution in [0.1, 0.15) is 130 Å². The molecule has 0 spiro atoms. The molecule has 3 N–H and O–H groups in total. The molecule has 7 nitrogen and oxygen atoms in total. The first kappa shape index (κ1) is 44.3. The molecule has 0 amide bonds. The quantitative estimate of drug-likeness (QED) is 0.0306. The van der Waals surface area contributed by atoms with Gasteiger partial charge in [0.2, 0.25) is 0 Å². The fourth-order valence-corrected chi connectivity index (χ4v) is 4.51. The Morgan fingerprint density at radius 3 is 1.83 bits per heavy atom. The molecule has 0 saturated heterocycles. The highest BCUT2D eigenvalue weighted by Gasteiger charge is 2.12. The molecule has 4 atom stereocenters. The first-order valence-corrected chi connectivity index (χ1v) is 18.1. The fraction of sp³-hybridized carbons (Fsp3) is 0.650. The van der Waals surface area contributed by atoms with Gasteiger partial charge in [0.15, 0.2) is 0 Å². The standard InChI is InChI=1S/C40H66O7/c1-4-6-19-27-36(41)28-21-15-11-9-12-16-22-29-37(42)30-23-18-25-32-40(45)47-34-38(43)33-46-39(44)31-24-17-13-8-7-10-14-20-26-35(3)5-2/h6,11-12,15-16,19,21-23,28-30,35-38,41-43H,4-5,7-10,13-14,17-18,20,24-27,31-34H2,1-3H3/b15-11-,16-12-,19-6-,28-21+,29-22+,30-23-/t35?,36-,37-,38+/m1/s1. The lowest BCUT2D eigenvalue weighted by Crippen LogP contribution is -2.25. The lowest BCUT2D eigenvalue weighted by molar-refractivity contribution is -0.152. The molecule has 0 aromatic rings. The van der Waals surface area contributed by atoms with Gasteiger partial charge in [0.05, 0.1) is 12.2 Å². The van der Waals surface area contributed by atoms with E-state index in [-0.39, 0.29) is 25.6 Å². The molecule has 1 unspecified atom stereocenters. The average Bonchev–Trinajstić information content (AvgIpc) is 3.06. The Morgan fingerprint density at radius 2 is 1.21 bits per heavy atom. The molecule has 0 radical (unpaired) electrons. The third kappa shape index (κ3) is 33.0. The first-order chi connectivity index (χ1) is 22.8. The van der Waals surface area contributed by atoms with E-state index in [1.807, 2.05) is 48.6 Å². The number of aliphatic hydroxyl groups excluding tert-OH is 3. The van der Waals surface area contributed by atoms with Crippen LogP contribution < -0.4 is 0 Å². The lowest BCUT2D eigenvalue weighted by Gasteiger charge is -2.12. The van der Waals surface area contributed by atoms with Crippen LogP contribution in [0.3, 0.4) is 0 Å². The van der Waals surface area contributed by atoms with Crippen molar-refractivity contribution >= 4 is 11.9 Å². The number of allylic oxidation sites excluding steroid dienone is 8. The molecule has 0 bridgehead atoms. The second-order valence-corrected chi connectivity index (χ2v) is 12.3. The van der Waals surface area contributed by atoms with E-state index in [1.165, 1.54) is 44.9 Å². The summed E-state index contributed by atoms with van der Waals surface area (Å²) in [5.74, 6) is 0.0912. The molecule has 7 heteroatoms. The number of unbranched alkanes of at least 4 members (excludes halogenated alkanes) is 8. The summed E-state index contributed by atoms with van der Waals surface area (Å²) in [5, 5.41) is 29.8. The Labute approximate surface area is 286 Å². The van der Waals surface area contributed by atoms with Gasteiger partial charge in [0, 0.05) is 12.8 Å². The summed E-state index contributed by atoms with van der Waals surface area (Å²) >= 11 is 0. The molecule has 0 aliphatic heterocycles. The summed E-state index contributed by atoms with van der Waals surface area (Å²) in [6.45, 7) is 6.25. The zero-order valence-corrected chi connectivity index (χ0v) is 29.6. The van der Waals surface area contributed by atoms with Crippen molar-refractivity contribution < 1.29 is 34.4 Å². The number of hydrogen-bond acceptors (Lipinski definition) is 7. The highest BCUT2D eigenvalue weighted by Crippen LogP contribution is 2.15. The number of hydrogen-bond donors (Lipinski definition) is 3. The van der Waals surface area contributed by atoms with Crippen molar-refractivity contribution in [3.63, 3.8) is 0 Å². The topological polar surface area (TPSA) is 113 Å². The minimum Gasteiger partial charge on any atom is -0.463 e. The molecule has 0 aromatic heterocycles. The molecule has 0 heterocycles. The molecule has 47 heavy (non-hydrogen) atoms. The summed E-state index contributed by atoms with van der Waals surface area (Å²) in [4.78, 5) is 23.8. The van der Waals surface area contributed by atoms with E-state index < -0.39 is 24.3 Å².